The van der Waals surface area contributed by atoms with E-state index in [1.165, 1.54) is 25.7 Å². The second-order valence-electron chi connectivity index (χ2n) is 4.28. The molecule has 3 rings (SSSR count). The number of rotatable bonds is 3. The molecule has 0 radical (unpaired) electrons. The minimum Gasteiger partial charge on any atom is -0.341 e. The number of aromatic nitrogens is 3. The number of anilines is 1. The van der Waals surface area contributed by atoms with Gasteiger partial charge in [-0.15, -0.1) is 10.2 Å². The van der Waals surface area contributed by atoms with Gasteiger partial charge >= 0.3 is 0 Å². The van der Waals surface area contributed by atoms with E-state index in [0.29, 0.717) is 6.04 Å². The van der Waals surface area contributed by atoms with Crippen molar-refractivity contribution in [1.29, 1.82) is 0 Å². The van der Waals surface area contributed by atoms with Crippen molar-refractivity contribution in [2.24, 2.45) is 0 Å². The van der Waals surface area contributed by atoms with Gasteiger partial charge in [0.25, 0.3) is 0 Å². The molecule has 15 heavy (non-hydrogen) atoms. The Bertz CT molecular complexity index is 352. The Balaban J connectivity index is 1.94. The maximum absolute atomic E-state index is 4.35. The summed E-state index contributed by atoms with van der Waals surface area (Å²) in [7, 11) is 0. The standard InChI is InChI=1S/C10H16N4S/c1-15-10-12-11-9(13-6-2-3-7-13)14(10)8-4-5-8/h8H,2-7H2,1H3. The van der Waals surface area contributed by atoms with Gasteiger partial charge in [-0.3, -0.25) is 4.57 Å². The number of hydrogen-bond acceptors (Lipinski definition) is 4. The minimum absolute atomic E-state index is 0.679. The fourth-order valence-electron chi connectivity index (χ4n) is 2.19. The van der Waals surface area contributed by atoms with E-state index in [2.05, 4.69) is 25.9 Å². The number of thioether (sulfide) groups is 1. The highest BCUT2D eigenvalue weighted by atomic mass is 32.2. The van der Waals surface area contributed by atoms with Crippen LogP contribution in [0.15, 0.2) is 5.16 Å². The van der Waals surface area contributed by atoms with Crippen LogP contribution in [-0.2, 0) is 0 Å². The average molecular weight is 224 g/mol. The molecule has 5 heteroatoms. The van der Waals surface area contributed by atoms with Crippen molar-refractivity contribution in [2.45, 2.75) is 36.9 Å². The van der Waals surface area contributed by atoms with Crippen LogP contribution in [0.3, 0.4) is 0 Å². The van der Waals surface area contributed by atoms with Crippen LogP contribution in [0, 0.1) is 0 Å². The van der Waals surface area contributed by atoms with Gasteiger partial charge in [0.2, 0.25) is 5.95 Å². The summed E-state index contributed by atoms with van der Waals surface area (Å²) < 4.78 is 2.34. The molecule has 2 fully saturated rings. The molecule has 2 heterocycles. The van der Waals surface area contributed by atoms with Gasteiger partial charge in [0, 0.05) is 19.1 Å². The van der Waals surface area contributed by atoms with Crippen molar-refractivity contribution in [1.82, 2.24) is 14.8 Å². The van der Waals surface area contributed by atoms with Gasteiger partial charge in [0.1, 0.15) is 0 Å². The third kappa shape index (κ3) is 1.62. The van der Waals surface area contributed by atoms with Crippen LogP contribution in [0.2, 0.25) is 0 Å². The molecule has 0 amide bonds. The summed E-state index contributed by atoms with van der Waals surface area (Å²) in [5.74, 6) is 1.11. The highest BCUT2D eigenvalue weighted by Gasteiger charge is 2.31. The van der Waals surface area contributed by atoms with Crippen LogP contribution in [-0.4, -0.2) is 34.1 Å². The van der Waals surface area contributed by atoms with Crippen molar-refractivity contribution in [3.8, 4) is 0 Å². The van der Waals surface area contributed by atoms with Gasteiger partial charge < -0.3 is 4.90 Å². The maximum Gasteiger partial charge on any atom is 0.228 e. The van der Waals surface area contributed by atoms with Gasteiger partial charge in [-0.25, -0.2) is 0 Å². The fourth-order valence-corrected chi connectivity index (χ4v) is 2.74. The highest BCUT2D eigenvalue weighted by Crippen LogP contribution is 2.40. The van der Waals surface area contributed by atoms with Gasteiger partial charge in [0.05, 0.1) is 0 Å². The lowest BCUT2D eigenvalue weighted by atomic mass is 10.4. The van der Waals surface area contributed by atoms with Crippen LogP contribution < -0.4 is 4.90 Å². The molecule has 1 aromatic heterocycles. The molecule has 1 aromatic rings. The molecule has 0 unspecified atom stereocenters. The Morgan fingerprint density at radius 3 is 2.53 bits per heavy atom. The summed E-state index contributed by atoms with van der Waals surface area (Å²) in [6.45, 7) is 2.30. The van der Waals surface area contributed by atoms with Gasteiger partial charge in [-0.2, -0.15) is 0 Å². The molecule has 0 spiro atoms. The summed E-state index contributed by atoms with van der Waals surface area (Å²) in [5, 5.41) is 9.71. The molecule has 2 aliphatic rings. The van der Waals surface area contributed by atoms with Crippen LogP contribution in [0.4, 0.5) is 5.95 Å². The first-order valence-corrected chi connectivity index (χ1v) is 6.86. The zero-order valence-corrected chi connectivity index (χ0v) is 9.83. The van der Waals surface area contributed by atoms with E-state index in [9.17, 15) is 0 Å². The molecular formula is C10H16N4S. The van der Waals surface area contributed by atoms with Crippen molar-refractivity contribution in [2.75, 3.05) is 24.2 Å². The van der Waals surface area contributed by atoms with Crippen molar-refractivity contribution in [3.05, 3.63) is 0 Å². The van der Waals surface area contributed by atoms with E-state index in [1.54, 1.807) is 11.8 Å². The van der Waals surface area contributed by atoms with E-state index in [4.69, 9.17) is 0 Å². The molecule has 1 saturated heterocycles. The van der Waals surface area contributed by atoms with Crippen LogP contribution in [0.1, 0.15) is 31.7 Å². The molecule has 1 aliphatic heterocycles. The molecule has 1 aliphatic carbocycles. The lowest BCUT2D eigenvalue weighted by Crippen LogP contribution is -2.22. The first-order valence-electron chi connectivity index (χ1n) is 5.64. The van der Waals surface area contributed by atoms with Gasteiger partial charge in [0.15, 0.2) is 5.16 Å². The zero-order valence-electron chi connectivity index (χ0n) is 9.02. The average Bonchev–Trinajstić information content (AvgIpc) is 2.83. The predicted octanol–water partition coefficient (Wildman–Crippen LogP) is 1.94. The second kappa shape index (κ2) is 3.70. The molecular weight excluding hydrogens is 208 g/mol. The van der Waals surface area contributed by atoms with E-state index in [0.717, 1.165) is 24.2 Å². The van der Waals surface area contributed by atoms with Crippen LogP contribution >= 0.6 is 11.8 Å². The van der Waals surface area contributed by atoms with Gasteiger partial charge in [-0.1, -0.05) is 11.8 Å². The van der Waals surface area contributed by atoms with Crippen LogP contribution in [0.5, 0.6) is 0 Å². The predicted molar refractivity (Wildman–Crippen MR) is 61.5 cm³/mol. The van der Waals surface area contributed by atoms with E-state index in [-0.39, 0.29) is 0 Å². The number of nitrogens with zero attached hydrogens (tertiary/aromatic N) is 4. The lowest BCUT2D eigenvalue weighted by molar-refractivity contribution is 0.652. The van der Waals surface area contributed by atoms with Gasteiger partial charge in [-0.05, 0) is 31.9 Å². The summed E-state index contributed by atoms with van der Waals surface area (Å²) in [6, 6.07) is 0.679. The van der Waals surface area contributed by atoms with Crippen molar-refractivity contribution < 1.29 is 0 Å². The van der Waals surface area contributed by atoms with Crippen molar-refractivity contribution >= 4 is 17.7 Å². The molecule has 4 nitrogen and oxygen atoms in total. The molecule has 0 bridgehead atoms. The number of hydrogen-bond donors (Lipinski definition) is 0. The second-order valence-corrected chi connectivity index (χ2v) is 5.06. The van der Waals surface area contributed by atoms with E-state index in [1.807, 2.05) is 0 Å². The monoisotopic (exact) mass is 224 g/mol. The van der Waals surface area contributed by atoms with E-state index < -0.39 is 0 Å². The lowest BCUT2D eigenvalue weighted by Gasteiger charge is -2.17. The molecule has 1 saturated carbocycles. The van der Waals surface area contributed by atoms with E-state index >= 15 is 0 Å². The summed E-state index contributed by atoms with van der Waals surface area (Å²) in [4.78, 5) is 2.38. The normalized spacial score (nSPS) is 21.3. The first kappa shape index (κ1) is 9.51. The fraction of sp³-hybridized carbons (Fsp3) is 0.800. The molecule has 82 valence electrons. The minimum atomic E-state index is 0.679. The topological polar surface area (TPSA) is 34.0 Å². The third-order valence-electron chi connectivity index (χ3n) is 3.13. The summed E-state index contributed by atoms with van der Waals surface area (Å²) in [6.07, 6.45) is 7.27. The Morgan fingerprint density at radius 1 is 1.20 bits per heavy atom. The highest BCUT2D eigenvalue weighted by molar-refractivity contribution is 7.98. The largest absolute Gasteiger partial charge is 0.341 e. The Morgan fingerprint density at radius 2 is 1.93 bits per heavy atom. The third-order valence-corrected chi connectivity index (χ3v) is 3.77. The Labute approximate surface area is 94.0 Å². The van der Waals surface area contributed by atoms with Crippen LogP contribution in [0.25, 0.3) is 0 Å². The molecule has 0 N–H and O–H groups in total. The SMILES string of the molecule is CSc1nnc(N2CCCC2)n1C1CC1. The maximum atomic E-state index is 4.35. The molecule has 0 aromatic carbocycles. The Hall–Kier alpha value is -0.710. The Kier molecular flexibility index (Phi) is 2.35. The quantitative estimate of drug-likeness (QED) is 0.735. The summed E-state index contributed by atoms with van der Waals surface area (Å²) in [5.41, 5.74) is 0. The van der Waals surface area contributed by atoms with Crippen molar-refractivity contribution in [3.63, 3.8) is 0 Å². The zero-order chi connectivity index (χ0) is 10.3. The molecule has 0 atom stereocenters. The smallest absolute Gasteiger partial charge is 0.228 e. The first-order chi connectivity index (χ1) is 7.40. The summed E-state index contributed by atoms with van der Waals surface area (Å²) >= 11 is 1.71.